The van der Waals surface area contributed by atoms with Crippen molar-refractivity contribution in [3.05, 3.63) is 42.5 Å². The van der Waals surface area contributed by atoms with Crippen LogP contribution in [0.25, 0.3) is 0 Å². The Kier molecular flexibility index (Phi) is 4.72. The van der Waals surface area contributed by atoms with Gasteiger partial charge in [-0.05, 0) is 25.5 Å². The lowest BCUT2D eigenvalue weighted by Gasteiger charge is -2.09. The number of rotatable bonds is 5. The highest BCUT2D eigenvalue weighted by molar-refractivity contribution is 7.85. The Bertz CT molecular complexity index is 346. The minimum atomic E-state index is -1.02. The van der Waals surface area contributed by atoms with E-state index in [4.69, 9.17) is 0 Å². The molecule has 2 atom stereocenters. The third-order valence-electron chi connectivity index (χ3n) is 2.15. The summed E-state index contributed by atoms with van der Waals surface area (Å²) in [5.41, 5.74) is 0.722. The van der Waals surface area contributed by atoms with Crippen LogP contribution in [0.2, 0.25) is 0 Å². The summed E-state index contributed by atoms with van der Waals surface area (Å²) in [5, 5.41) is 9.49. The Morgan fingerprint density at radius 3 is 2.60 bits per heavy atom. The zero-order chi connectivity index (χ0) is 11.3. The Hall–Kier alpha value is -0.930. The summed E-state index contributed by atoms with van der Waals surface area (Å²) >= 11 is 0. The van der Waals surface area contributed by atoms with Crippen molar-refractivity contribution in [3.63, 3.8) is 0 Å². The average molecular weight is 224 g/mol. The summed E-state index contributed by atoms with van der Waals surface area (Å²) in [7, 11) is -1.02. The molecule has 0 aromatic heterocycles. The Balaban J connectivity index is 2.47. The van der Waals surface area contributed by atoms with Crippen molar-refractivity contribution >= 4 is 10.8 Å². The van der Waals surface area contributed by atoms with E-state index in [9.17, 15) is 9.32 Å². The molecule has 0 fully saturated rings. The zero-order valence-corrected chi connectivity index (χ0v) is 9.67. The van der Waals surface area contributed by atoms with Gasteiger partial charge in [0.25, 0.3) is 0 Å². The van der Waals surface area contributed by atoms with E-state index in [2.05, 4.69) is 6.58 Å². The van der Waals surface area contributed by atoms with E-state index in [1.807, 2.05) is 30.3 Å². The molecule has 0 aliphatic carbocycles. The van der Waals surface area contributed by atoms with Gasteiger partial charge in [0.15, 0.2) is 0 Å². The van der Waals surface area contributed by atoms with Gasteiger partial charge in [0.05, 0.1) is 16.9 Å². The first-order valence-electron chi connectivity index (χ1n) is 4.88. The van der Waals surface area contributed by atoms with Crippen molar-refractivity contribution in [2.75, 3.05) is 5.75 Å². The molecule has 15 heavy (non-hydrogen) atoms. The van der Waals surface area contributed by atoms with Crippen LogP contribution in [-0.4, -0.2) is 21.2 Å². The summed E-state index contributed by atoms with van der Waals surface area (Å²) in [4.78, 5) is 0.811. The minimum Gasteiger partial charge on any atom is -0.389 e. The molecule has 0 heterocycles. The summed E-state index contributed by atoms with van der Waals surface area (Å²) in [5.74, 6) is 0.470. The fourth-order valence-electron chi connectivity index (χ4n) is 1.16. The van der Waals surface area contributed by atoms with Gasteiger partial charge in [-0.25, -0.2) is 0 Å². The Morgan fingerprint density at radius 2 is 2.07 bits per heavy atom. The molecule has 1 unspecified atom stereocenters. The SMILES string of the molecule is C=C(C)[C@H](O)CCS(=O)c1ccccc1. The van der Waals surface area contributed by atoms with Crippen molar-refractivity contribution in [2.45, 2.75) is 24.3 Å². The van der Waals surface area contributed by atoms with Crippen LogP contribution in [0, 0.1) is 0 Å². The van der Waals surface area contributed by atoms with Crippen LogP contribution < -0.4 is 0 Å². The zero-order valence-electron chi connectivity index (χ0n) is 8.85. The molecule has 82 valence electrons. The van der Waals surface area contributed by atoms with Crippen LogP contribution >= 0.6 is 0 Å². The third-order valence-corrected chi connectivity index (χ3v) is 3.56. The van der Waals surface area contributed by atoms with Crippen molar-refractivity contribution in [2.24, 2.45) is 0 Å². The van der Waals surface area contributed by atoms with Gasteiger partial charge >= 0.3 is 0 Å². The standard InChI is InChI=1S/C12H16O2S/c1-10(2)12(13)8-9-15(14)11-6-4-3-5-7-11/h3-7,12-13H,1,8-9H2,2H3/t12-,15?/m1/s1. The molecule has 0 amide bonds. The molecule has 3 heteroatoms. The summed E-state index contributed by atoms with van der Waals surface area (Å²) in [6.45, 7) is 5.43. The number of aliphatic hydroxyl groups excluding tert-OH is 1. The monoisotopic (exact) mass is 224 g/mol. The second kappa shape index (κ2) is 5.83. The van der Waals surface area contributed by atoms with E-state index in [0.717, 1.165) is 10.5 Å². The van der Waals surface area contributed by atoms with E-state index in [1.165, 1.54) is 0 Å². The number of hydrogen-bond acceptors (Lipinski definition) is 2. The van der Waals surface area contributed by atoms with Crippen LogP contribution in [-0.2, 0) is 10.8 Å². The molecule has 1 N–H and O–H groups in total. The largest absolute Gasteiger partial charge is 0.389 e. The Labute approximate surface area is 93.1 Å². The van der Waals surface area contributed by atoms with Crippen LogP contribution in [0.1, 0.15) is 13.3 Å². The molecular formula is C12H16O2S. The van der Waals surface area contributed by atoms with Crippen LogP contribution in [0.3, 0.4) is 0 Å². The quantitative estimate of drug-likeness (QED) is 0.778. The Morgan fingerprint density at radius 1 is 1.47 bits per heavy atom. The molecule has 1 aromatic carbocycles. The molecule has 1 aromatic rings. The van der Waals surface area contributed by atoms with E-state index < -0.39 is 16.9 Å². The van der Waals surface area contributed by atoms with Gasteiger partial charge in [-0.3, -0.25) is 4.21 Å². The summed E-state index contributed by atoms with van der Waals surface area (Å²) in [6.07, 6.45) is -0.0470. The lowest BCUT2D eigenvalue weighted by atomic mass is 10.1. The summed E-state index contributed by atoms with van der Waals surface area (Å²) in [6, 6.07) is 9.29. The van der Waals surface area contributed by atoms with Crippen molar-refractivity contribution in [1.82, 2.24) is 0 Å². The normalized spacial score (nSPS) is 14.5. The van der Waals surface area contributed by atoms with Gasteiger partial charge in [-0.15, -0.1) is 0 Å². The van der Waals surface area contributed by atoms with Crippen molar-refractivity contribution in [1.29, 1.82) is 0 Å². The molecule has 0 aliphatic rings. The first-order valence-corrected chi connectivity index (χ1v) is 6.20. The number of aliphatic hydroxyl groups is 1. The van der Waals surface area contributed by atoms with E-state index in [0.29, 0.717) is 12.2 Å². The van der Waals surface area contributed by atoms with Crippen molar-refractivity contribution in [3.8, 4) is 0 Å². The molecule has 0 saturated heterocycles. The highest BCUT2D eigenvalue weighted by Crippen LogP contribution is 2.09. The third kappa shape index (κ3) is 3.98. The van der Waals surface area contributed by atoms with Crippen molar-refractivity contribution < 1.29 is 9.32 Å². The maximum absolute atomic E-state index is 11.7. The molecular weight excluding hydrogens is 208 g/mol. The predicted molar refractivity (Wildman–Crippen MR) is 63.2 cm³/mol. The van der Waals surface area contributed by atoms with Gasteiger partial charge in [-0.1, -0.05) is 30.4 Å². The van der Waals surface area contributed by atoms with E-state index >= 15 is 0 Å². The van der Waals surface area contributed by atoms with Gasteiger partial charge in [0, 0.05) is 10.6 Å². The molecule has 0 bridgehead atoms. The summed E-state index contributed by atoms with van der Waals surface area (Å²) < 4.78 is 11.7. The topological polar surface area (TPSA) is 37.3 Å². The van der Waals surface area contributed by atoms with Gasteiger partial charge in [0.1, 0.15) is 0 Å². The van der Waals surface area contributed by atoms with Gasteiger partial charge in [0.2, 0.25) is 0 Å². The first kappa shape index (κ1) is 12.1. The van der Waals surface area contributed by atoms with E-state index in [1.54, 1.807) is 6.92 Å². The molecule has 0 spiro atoms. The average Bonchev–Trinajstić information content (AvgIpc) is 2.26. The highest BCUT2D eigenvalue weighted by atomic mass is 32.2. The number of benzene rings is 1. The van der Waals surface area contributed by atoms with Gasteiger partial charge < -0.3 is 5.11 Å². The van der Waals surface area contributed by atoms with Crippen LogP contribution in [0.4, 0.5) is 0 Å². The van der Waals surface area contributed by atoms with E-state index in [-0.39, 0.29) is 0 Å². The van der Waals surface area contributed by atoms with Crippen LogP contribution in [0.15, 0.2) is 47.4 Å². The second-order valence-corrected chi connectivity index (χ2v) is 5.08. The molecule has 0 radical (unpaired) electrons. The molecule has 2 nitrogen and oxygen atoms in total. The predicted octanol–water partition coefficient (Wildman–Crippen LogP) is 2.12. The maximum Gasteiger partial charge on any atom is 0.0753 e. The molecule has 0 saturated carbocycles. The smallest absolute Gasteiger partial charge is 0.0753 e. The second-order valence-electron chi connectivity index (χ2n) is 3.51. The highest BCUT2D eigenvalue weighted by Gasteiger charge is 2.08. The lowest BCUT2D eigenvalue weighted by molar-refractivity contribution is 0.208. The maximum atomic E-state index is 11.7. The van der Waals surface area contributed by atoms with Gasteiger partial charge in [-0.2, -0.15) is 0 Å². The number of hydrogen-bond donors (Lipinski definition) is 1. The minimum absolute atomic E-state index is 0.470. The lowest BCUT2D eigenvalue weighted by Crippen LogP contribution is -2.12. The first-order chi connectivity index (χ1) is 7.11. The fraction of sp³-hybridized carbons (Fsp3) is 0.333. The molecule has 1 rings (SSSR count). The fourth-order valence-corrected chi connectivity index (χ4v) is 2.29. The van der Waals surface area contributed by atoms with Crippen LogP contribution in [0.5, 0.6) is 0 Å². The molecule has 0 aliphatic heterocycles.